The van der Waals surface area contributed by atoms with Crippen molar-refractivity contribution in [2.45, 2.75) is 0 Å². The SMILES string of the molecule is COCC(=O)Nc1nc(-c2cccc(OC)c2)c(N)s1. The number of rotatable bonds is 5. The maximum Gasteiger partial charge on any atom is 0.252 e. The number of thiazole rings is 1. The third-order valence-electron chi connectivity index (χ3n) is 2.52. The van der Waals surface area contributed by atoms with E-state index in [1.54, 1.807) is 7.11 Å². The molecule has 0 atom stereocenters. The molecule has 106 valence electrons. The minimum atomic E-state index is -0.265. The van der Waals surface area contributed by atoms with Gasteiger partial charge in [0.2, 0.25) is 0 Å². The molecule has 0 radical (unpaired) electrons. The highest BCUT2D eigenvalue weighted by Gasteiger charge is 2.13. The van der Waals surface area contributed by atoms with E-state index in [1.165, 1.54) is 18.4 Å². The van der Waals surface area contributed by atoms with E-state index in [-0.39, 0.29) is 12.5 Å². The van der Waals surface area contributed by atoms with Crippen molar-refractivity contribution in [1.29, 1.82) is 0 Å². The van der Waals surface area contributed by atoms with E-state index >= 15 is 0 Å². The second kappa shape index (κ2) is 6.36. The summed E-state index contributed by atoms with van der Waals surface area (Å²) in [5, 5.41) is 3.61. The molecule has 3 N–H and O–H groups in total. The monoisotopic (exact) mass is 293 g/mol. The van der Waals surface area contributed by atoms with Gasteiger partial charge in [0.05, 0.1) is 7.11 Å². The van der Waals surface area contributed by atoms with E-state index in [4.69, 9.17) is 15.2 Å². The number of nitrogen functional groups attached to an aromatic ring is 1. The van der Waals surface area contributed by atoms with Crippen LogP contribution in [-0.4, -0.2) is 31.7 Å². The van der Waals surface area contributed by atoms with Crippen LogP contribution in [-0.2, 0) is 9.53 Å². The molecule has 7 heteroatoms. The Morgan fingerprint density at radius 1 is 1.45 bits per heavy atom. The number of nitrogens with two attached hydrogens (primary N) is 1. The molecule has 0 saturated heterocycles. The molecular weight excluding hydrogens is 278 g/mol. The lowest BCUT2D eigenvalue weighted by molar-refractivity contribution is -0.119. The lowest BCUT2D eigenvalue weighted by atomic mass is 10.1. The molecule has 6 nitrogen and oxygen atoms in total. The first kappa shape index (κ1) is 14.3. The molecule has 0 aliphatic carbocycles. The number of aromatic nitrogens is 1. The van der Waals surface area contributed by atoms with Crippen molar-refractivity contribution in [3.63, 3.8) is 0 Å². The lowest BCUT2D eigenvalue weighted by Crippen LogP contribution is -2.16. The highest BCUT2D eigenvalue weighted by Crippen LogP contribution is 2.34. The maximum atomic E-state index is 11.4. The fourth-order valence-corrected chi connectivity index (χ4v) is 2.42. The van der Waals surface area contributed by atoms with Crippen molar-refractivity contribution in [2.75, 3.05) is 31.9 Å². The van der Waals surface area contributed by atoms with Gasteiger partial charge in [-0.2, -0.15) is 0 Å². The zero-order chi connectivity index (χ0) is 14.5. The van der Waals surface area contributed by atoms with E-state index in [9.17, 15) is 4.79 Å². The van der Waals surface area contributed by atoms with E-state index in [2.05, 4.69) is 10.3 Å². The van der Waals surface area contributed by atoms with Crippen molar-refractivity contribution < 1.29 is 14.3 Å². The number of ether oxygens (including phenoxy) is 2. The Hall–Kier alpha value is -2.12. The van der Waals surface area contributed by atoms with Crippen LogP contribution in [0.15, 0.2) is 24.3 Å². The topological polar surface area (TPSA) is 86.5 Å². The molecule has 1 aromatic heterocycles. The predicted molar refractivity (Wildman–Crippen MR) is 79.0 cm³/mol. The molecule has 0 bridgehead atoms. The van der Waals surface area contributed by atoms with Crippen molar-refractivity contribution in [3.8, 4) is 17.0 Å². The van der Waals surface area contributed by atoms with Crippen LogP contribution in [0.2, 0.25) is 0 Å². The molecule has 1 heterocycles. The van der Waals surface area contributed by atoms with Crippen molar-refractivity contribution in [2.24, 2.45) is 0 Å². The number of nitrogens with one attached hydrogen (secondary N) is 1. The summed E-state index contributed by atoms with van der Waals surface area (Å²) in [6.45, 7) is -0.0199. The summed E-state index contributed by atoms with van der Waals surface area (Å²) >= 11 is 1.22. The first-order valence-electron chi connectivity index (χ1n) is 5.83. The zero-order valence-electron chi connectivity index (χ0n) is 11.2. The van der Waals surface area contributed by atoms with E-state index in [1.807, 2.05) is 24.3 Å². The smallest absolute Gasteiger partial charge is 0.252 e. The first-order valence-corrected chi connectivity index (χ1v) is 6.65. The molecule has 2 aromatic rings. The fourth-order valence-electron chi connectivity index (χ4n) is 1.65. The minimum absolute atomic E-state index is 0.0199. The van der Waals surface area contributed by atoms with Crippen molar-refractivity contribution in [3.05, 3.63) is 24.3 Å². The van der Waals surface area contributed by atoms with Crippen molar-refractivity contribution >= 4 is 27.4 Å². The summed E-state index contributed by atoms with van der Waals surface area (Å²) < 4.78 is 9.91. The largest absolute Gasteiger partial charge is 0.497 e. The van der Waals surface area contributed by atoms with Crippen LogP contribution in [0, 0.1) is 0 Å². The van der Waals surface area contributed by atoms with Gasteiger partial charge in [0.1, 0.15) is 23.1 Å². The number of hydrogen-bond acceptors (Lipinski definition) is 6. The summed E-state index contributed by atoms with van der Waals surface area (Å²) in [6, 6.07) is 7.42. The molecule has 1 aromatic carbocycles. The van der Waals surface area contributed by atoms with Crippen LogP contribution in [0.4, 0.5) is 10.1 Å². The van der Waals surface area contributed by atoms with Gasteiger partial charge in [0.25, 0.3) is 5.91 Å². The second-order valence-corrected chi connectivity index (χ2v) is 4.98. The van der Waals surface area contributed by atoms with Gasteiger partial charge < -0.3 is 15.2 Å². The highest BCUT2D eigenvalue weighted by molar-refractivity contribution is 7.20. The maximum absolute atomic E-state index is 11.4. The lowest BCUT2D eigenvalue weighted by Gasteiger charge is -2.02. The van der Waals surface area contributed by atoms with Gasteiger partial charge in [-0.15, -0.1) is 0 Å². The molecule has 0 fully saturated rings. The number of benzene rings is 1. The van der Waals surface area contributed by atoms with E-state index in [0.717, 1.165) is 11.3 Å². The standard InChI is InChI=1S/C13H15N3O3S/c1-18-7-10(17)15-13-16-11(12(14)20-13)8-4-3-5-9(6-8)19-2/h3-6H,7,14H2,1-2H3,(H,15,16,17). The van der Waals surface area contributed by atoms with Crippen LogP contribution >= 0.6 is 11.3 Å². The average molecular weight is 293 g/mol. The number of nitrogens with zero attached hydrogens (tertiary/aromatic N) is 1. The third-order valence-corrected chi connectivity index (χ3v) is 3.32. The second-order valence-electron chi connectivity index (χ2n) is 3.95. The summed E-state index contributed by atoms with van der Waals surface area (Å²) in [4.78, 5) is 15.8. The highest BCUT2D eigenvalue weighted by atomic mass is 32.1. The molecule has 20 heavy (non-hydrogen) atoms. The van der Waals surface area contributed by atoms with Crippen molar-refractivity contribution in [1.82, 2.24) is 4.98 Å². The van der Waals surface area contributed by atoms with Gasteiger partial charge in [0.15, 0.2) is 5.13 Å². The summed E-state index contributed by atoms with van der Waals surface area (Å²) in [5.74, 6) is 0.457. The molecule has 0 aliphatic rings. The number of amides is 1. The third kappa shape index (κ3) is 3.25. The first-order chi connectivity index (χ1) is 9.63. The quantitative estimate of drug-likeness (QED) is 0.880. The molecule has 0 aliphatic heterocycles. The Labute approximate surface area is 120 Å². The minimum Gasteiger partial charge on any atom is -0.497 e. The van der Waals surface area contributed by atoms with Gasteiger partial charge >= 0.3 is 0 Å². The normalized spacial score (nSPS) is 10.3. The van der Waals surface area contributed by atoms with Crippen LogP contribution in [0.1, 0.15) is 0 Å². The Bertz CT molecular complexity index is 613. The molecule has 0 spiro atoms. The van der Waals surface area contributed by atoms with E-state index in [0.29, 0.717) is 15.8 Å². The molecule has 1 amide bonds. The van der Waals surface area contributed by atoms with Gasteiger partial charge in [-0.25, -0.2) is 4.98 Å². The van der Waals surface area contributed by atoms with Gasteiger partial charge in [-0.05, 0) is 12.1 Å². The van der Waals surface area contributed by atoms with E-state index < -0.39 is 0 Å². The number of carbonyl (C=O) groups is 1. The molecular formula is C13H15N3O3S. The summed E-state index contributed by atoms with van der Waals surface area (Å²) in [7, 11) is 3.05. The Kier molecular flexibility index (Phi) is 4.54. The molecule has 0 saturated carbocycles. The van der Waals surface area contributed by atoms with Crippen LogP contribution in [0.5, 0.6) is 5.75 Å². The zero-order valence-corrected chi connectivity index (χ0v) is 12.0. The summed E-state index contributed by atoms with van der Waals surface area (Å²) in [5.41, 5.74) is 7.41. The molecule has 2 rings (SSSR count). The molecule has 0 unspecified atom stereocenters. The number of methoxy groups -OCH3 is 2. The number of carbonyl (C=O) groups excluding carboxylic acids is 1. The fraction of sp³-hybridized carbons (Fsp3) is 0.231. The van der Waals surface area contributed by atoms with Crippen LogP contribution in [0.25, 0.3) is 11.3 Å². The van der Waals surface area contributed by atoms with Gasteiger partial charge in [-0.3, -0.25) is 10.1 Å². The van der Waals surface area contributed by atoms with Crippen LogP contribution < -0.4 is 15.8 Å². The number of hydrogen-bond donors (Lipinski definition) is 2. The Balaban J connectivity index is 2.24. The predicted octanol–water partition coefficient (Wildman–Crippen LogP) is 1.99. The Morgan fingerprint density at radius 2 is 2.25 bits per heavy atom. The Morgan fingerprint density at radius 3 is 2.95 bits per heavy atom. The summed E-state index contributed by atoms with van der Waals surface area (Å²) in [6.07, 6.45) is 0. The van der Waals surface area contributed by atoms with Gasteiger partial charge in [0, 0.05) is 12.7 Å². The van der Waals surface area contributed by atoms with Crippen LogP contribution in [0.3, 0.4) is 0 Å². The van der Waals surface area contributed by atoms with Gasteiger partial charge in [-0.1, -0.05) is 23.5 Å². The number of anilines is 2. The average Bonchev–Trinajstić information content (AvgIpc) is 2.79.